The number of allylic oxidation sites excluding steroid dienone is 4. The number of aliphatic hydroxyl groups is 3. The van der Waals surface area contributed by atoms with Gasteiger partial charge in [-0.15, -0.1) is 0 Å². The van der Waals surface area contributed by atoms with E-state index in [1.165, 1.54) is 25.7 Å². The van der Waals surface area contributed by atoms with Crippen LogP contribution < -0.4 is 0 Å². The molecule has 3 N–H and O–H groups in total. The maximum absolute atomic E-state index is 10.3. The molecule has 0 aromatic heterocycles. The molecular formula is C31H42O3. The van der Waals surface area contributed by atoms with E-state index in [2.05, 4.69) is 49.9 Å². The Hall–Kier alpha value is -1.94. The van der Waals surface area contributed by atoms with Crippen LogP contribution in [0, 0.1) is 23.7 Å². The Balaban J connectivity index is 1.45. The first-order valence-electron chi connectivity index (χ1n) is 13.1. The summed E-state index contributed by atoms with van der Waals surface area (Å²) in [4.78, 5) is 0. The third-order valence-corrected chi connectivity index (χ3v) is 8.48. The number of fused-ring (bicyclic) bond motifs is 1. The van der Waals surface area contributed by atoms with E-state index in [0.717, 1.165) is 34.6 Å². The van der Waals surface area contributed by atoms with E-state index in [4.69, 9.17) is 0 Å². The molecule has 3 nitrogen and oxygen atoms in total. The zero-order valence-corrected chi connectivity index (χ0v) is 21.1. The van der Waals surface area contributed by atoms with Crippen LogP contribution in [-0.2, 0) is 5.60 Å². The summed E-state index contributed by atoms with van der Waals surface area (Å²) in [6.45, 7) is 10.1. The van der Waals surface area contributed by atoms with E-state index < -0.39 is 17.8 Å². The predicted octanol–water partition coefficient (Wildman–Crippen LogP) is 6.31. The summed E-state index contributed by atoms with van der Waals surface area (Å²) in [6.07, 6.45) is 15.1. The van der Waals surface area contributed by atoms with Crippen molar-refractivity contribution in [1.29, 1.82) is 0 Å². The summed E-state index contributed by atoms with van der Waals surface area (Å²) in [5, 5.41) is 30.5. The third-order valence-electron chi connectivity index (χ3n) is 8.48. The van der Waals surface area contributed by atoms with Crippen molar-refractivity contribution in [2.75, 3.05) is 0 Å². The molecule has 3 fully saturated rings. The first kappa shape index (κ1) is 25.2. The minimum Gasteiger partial charge on any atom is -0.393 e. The molecule has 34 heavy (non-hydrogen) atoms. The second-order valence-electron chi connectivity index (χ2n) is 11.4. The molecule has 3 aliphatic rings. The topological polar surface area (TPSA) is 60.7 Å². The van der Waals surface area contributed by atoms with Crippen molar-refractivity contribution in [3.05, 3.63) is 76.9 Å². The van der Waals surface area contributed by atoms with Crippen LogP contribution in [0.15, 0.2) is 65.8 Å². The second-order valence-corrected chi connectivity index (χ2v) is 11.4. The van der Waals surface area contributed by atoms with Gasteiger partial charge in [0, 0.05) is 6.42 Å². The molecule has 0 heterocycles. The number of hydrogen-bond donors (Lipinski definition) is 3. The lowest BCUT2D eigenvalue weighted by Gasteiger charge is -2.33. The second kappa shape index (κ2) is 10.4. The molecule has 3 aliphatic carbocycles. The van der Waals surface area contributed by atoms with Crippen molar-refractivity contribution in [3.8, 4) is 0 Å². The maximum Gasteiger partial charge on any atom is 0.0840 e. The average Bonchev–Trinajstić information content (AvgIpc) is 3.23. The van der Waals surface area contributed by atoms with Crippen molar-refractivity contribution < 1.29 is 15.3 Å². The zero-order valence-electron chi connectivity index (χ0n) is 21.1. The molecule has 184 valence electrons. The van der Waals surface area contributed by atoms with Crippen LogP contribution in [0.5, 0.6) is 0 Å². The van der Waals surface area contributed by atoms with E-state index in [1.54, 1.807) is 5.57 Å². The largest absolute Gasteiger partial charge is 0.393 e. The normalized spacial score (nSPS) is 33.6. The molecule has 0 saturated heterocycles. The highest BCUT2D eigenvalue weighted by atomic mass is 16.3. The van der Waals surface area contributed by atoms with E-state index in [-0.39, 0.29) is 0 Å². The summed E-state index contributed by atoms with van der Waals surface area (Å²) in [5.74, 6) is 2.59. The Bertz CT molecular complexity index is 977. The average molecular weight is 463 g/mol. The molecule has 1 aromatic carbocycles. The quantitative estimate of drug-likeness (QED) is 0.480. The van der Waals surface area contributed by atoms with Crippen LogP contribution in [0.2, 0.25) is 0 Å². The van der Waals surface area contributed by atoms with Crippen molar-refractivity contribution in [1.82, 2.24) is 0 Å². The number of hydrogen-bond acceptors (Lipinski definition) is 3. The smallest absolute Gasteiger partial charge is 0.0840 e. The monoisotopic (exact) mass is 462 g/mol. The van der Waals surface area contributed by atoms with E-state index >= 15 is 0 Å². The van der Waals surface area contributed by atoms with Gasteiger partial charge < -0.3 is 15.3 Å². The Morgan fingerprint density at radius 2 is 1.91 bits per heavy atom. The highest BCUT2D eigenvalue weighted by molar-refractivity contribution is 5.51. The van der Waals surface area contributed by atoms with Crippen molar-refractivity contribution in [2.24, 2.45) is 23.7 Å². The van der Waals surface area contributed by atoms with Gasteiger partial charge in [-0.05, 0) is 104 Å². The van der Waals surface area contributed by atoms with Gasteiger partial charge in [0.25, 0.3) is 0 Å². The fourth-order valence-corrected chi connectivity index (χ4v) is 6.45. The summed E-state index contributed by atoms with van der Waals surface area (Å²) < 4.78 is 0. The number of benzene rings is 1. The van der Waals surface area contributed by atoms with Gasteiger partial charge in [0.1, 0.15) is 0 Å². The lowest BCUT2D eigenvalue weighted by Crippen LogP contribution is -2.27. The summed E-state index contributed by atoms with van der Waals surface area (Å²) >= 11 is 0. The predicted molar refractivity (Wildman–Crippen MR) is 140 cm³/mol. The van der Waals surface area contributed by atoms with Crippen LogP contribution >= 0.6 is 0 Å². The van der Waals surface area contributed by atoms with Crippen LogP contribution in [0.25, 0.3) is 6.08 Å². The molecule has 2 unspecified atom stereocenters. The van der Waals surface area contributed by atoms with Crippen LogP contribution in [0.3, 0.4) is 0 Å². The molecule has 3 saturated carbocycles. The van der Waals surface area contributed by atoms with Gasteiger partial charge in [-0.3, -0.25) is 0 Å². The highest BCUT2D eigenvalue weighted by Crippen LogP contribution is 2.51. The molecule has 3 heteroatoms. The summed E-state index contributed by atoms with van der Waals surface area (Å²) in [7, 11) is 0. The summed E-state index contributed by atoms with van der Waals surface area (Å²) in [6, 6.07) is 8.20. The van der Waals surface area contributed by atoms with Gasteiger partial charge in [0.2, 0.25) is 0 Å². The first-order chi connectivity index (χ1) is 16.1. The molecule has 0 spiro atoms. The van der Waals surface area contributed by atoms with Gasteiger partial charge in [0.15, 0.2) is 0 Å². The Morgan fingerprint density at radius 1 is 1.12 bits per heavy atom. The molecule has 0 radical (unpaired) electrons. The zero-order chi connectivity index (χ0) is 24.5. The highest BCUT2D eigenvalue weighted by Gasteiger charge is 2.41. The Kier molecular flexibility index (Phi) is 7.66. The molecule has 0 amide bonds. The lowest BCUT2D eigenvalue weighted by molar-refractivity contribution is 0.0785. The van der Waals surface area contributed by atoms with E-state index in [1.807, 2.05) is 26.0 Å². The number of aliphatic hydroxyl groups excluding tert-OH is 2. The van der Waals surface area contributed by atoms with Gasteiger partial charge in [-0.2, -0.15) is 0 Å². The molecule has 0 bridgehead atoms. The van der Waals surface area contributed by atoms with Crippen LogP contribution in [0.1, 0.15) is 76.8 Å². The van der Waals surface area contributed by atoms with E-state index in [0.29, 0.717) is 30.6 Å². The standard InChI is InChI=1S/C31H42O3/c1-20(11-12-22-7-5-9-25(17-22)31(3,4)34)27-15-16-28-23(8-6-10-29(27)28)13-14-24-18-26(32)19-30(33)21(24)2/h5,7,9,11-14,17,20,26-30,32-34H,2,6,8,10,15-16,18-19H2,1,3-4H3/b12-11-,23-13+,24-14-/t20-,26-,27?,28?,29-,30+/m1/s1. The first-order valence-corrected chi connectivity index (χ1v) is 13.1. The number of rotatable bonds is 5. The third kappa shape index (κ3) is 5.64. The van der Waals surface area contributed by atoms with Gasteiger partial charge in [-0.25, -0.2) is 0 Å². The fourth-order valence-electron chi connectivity index (χ4n) is 6.45. The minimum absolute atomic E-state index is 0.395. The Labute approximate surface area is 205 Å². The van der Waals surface area contributed by atoms with Crippen molar-refractivity contribution >= 4 is 6.08 Å². The van der Waals surface area contributed by atoms with Gasteiger partial charge in [0.05, 0.1) is 17.8 Å². The molecule has 6 atom stereocenters. The molecular weight excluding hydrogens is 420 g/mol. The molecule has 4 rings (SSSR count). The summed E-state index contributed by atoms with van der Waals surface area (Å²) in [5.41, 5.74) is 4.58. The lowest BCUT2D eigenvalue weighted by atomic mass is 9.72. The van der Waals surface area contributed by atoms with E-state index in [9.17, 15) is 15.3 Å². The maximum atomic E-state index is 10.3. The molecule has 0 aliphatic heterocycles. The minimum atomic E-state index is -0.825. The van der Waals surface area contributed by atoms with Crippen LogP contribution in [-0.4, -0.2) is 27.5 Å². The fraction of sp³-hybridized carbons (Fsp3) is 0.548. The Morgan fingerprint density at radius 3 is 2.68 bits per heavy atom. The van der Waals surface area contributed by atoms with Crippen LogP contribution in [0.4, 0.5) is 0 Å². The van der Waals surface area contributed by atoms with Crippen molar-refractivity contribution in [3.63, 3.8) is 0 Å². The SMILES string of the molecule is C=C1/C(=C\C=C2/CCC[C@H]3C2CCC3[C@H](C)/C=C\c2cccc(C(C)(C)O)c2)C[C@@H](O)C[C@@H]1O. The van der Waals surface area contributed by atoms with Gasteiger partial charge in [-0.1, -0.05) is 61.6 Å². The van der Waals surface area contributed by atoms with Crippen molar-refractivity contribution in [2.45, 2.75) is 83.5 Å². The molecule has 1 aromatic rings. The van der Waals surface area contributed by atoms with Gasteiger partial charge >= 0.3 is 0 Å².